The van der Waals surface area contributed by atoms with Crippen molar-refractivity contribution in [1.29, 1.82) is 0 Å². The zero-order valence-corrected chi connectivity index (χ0v) is 41.5. The van der Waals surface area contributed by atoms with E-state index < -0.39 is 5.60 Å². The maximum absolute atomic E-state index is 14.1. The highest BCUT2D eigenvalue weighted by Gasteiger charge is 2.61. The van der Waals surface area contributed by atoms with Gasteiger partial charge in [-0.05, 0) is 124 Å². The summed E-state index contributed by atoms with van der Waals surface area (Å²) in [4.78, 5) is 55.9. The summed E-state index contributed by atoms with van der Waals surface area (Å²) in [5, 5.41) is 11.6. The number of nitrogens with one attached hydrogen (secondary N) is 1. The van der Waals surface area contributed by atoms with Gasteiger partial charge in [0, 0.05) is 75.6 Å². The van der Waals surface area contributed by atoms with Gasteiger partial charge in [-0.1, -0.05) is 69.5 Å². The van der Waals surface area contributed by atoms with Crippen molar-refractivity contribution in [3.8, 4) is 17.1 Å². The monoisotopic (exact) mass is 935 g/mol. The third-order valence-electron chi connectivity index (χ3n) is 17.1. The van der Waals surface area contributed by atoms with Gasteiger partial charge in [-0.3, -0.25) is 9.59 Å². The molecule has 3 amide bonds. The Morgan fingerprint density at radius 2 is 1.64 bits per heavy atom. The SMILES string of the molecule is CCN(C(=O)CCn1c(-c2ccc(-n3ccnn3)cc2)nc2c(CC(C)(C)OC(=O)N3CCC(c4nc5ccccc5n4CCC(=O)NC4CC5CC[C@]4(C)C5(C)C)C3)cccc21)C1CCCCC1. The van der Waals surface area contributed by atoms with Crippen molar-refractivity contribution in [3.05, 3.63) is 90.5 Å². The highest BCUT2D eigenvalue weighted by Crippen LogP contribution is 2.65. The number of para-hydroxylation sites is 3. The molecule has 364 valence electrons. The zero-order chi connectivity index (χ0) is 48.1. The second-order valence-corrected chi connectivity index (χ2v) is 21.8. The van der Waals surface area contributed by atoms with Gasteiger partial charge in [-0.25, -0.2) is 19.4 Å². The maximum atomic E-state index is 14.1. The van der Waals surface area contributed by atoms with Gasteiger partial charge >= 0.3 is 6.09 Å². The molecule has 3 aromatic carbocycles. The summed E-state index contributed by atoms with van der Waals surface area (Å²) in [6.45, 7) is 15.9. The van der Waals surface area contributed by atoms with Crippen LogP contribution < -0.4 is 5.32 Å². The smallest absolute Gasteiger partial charge is 0.410 e. The van der Waals surface area contributed by atoms with Crippen LogP contribution in [0, 0.1) is 16.7 Å². The Balaban J connectivity index is 0.836. The molecule has 0 radical (unpaired) electrons. The predicted molar refractivity (Wildman–Crippen MR) is 268 cm³/mol. The fourth-order valence-electron chi connectivity index (χ4n) is 12.8. The number of aryl methyl sites for hydroxylation is 2. The van der Waals surface area contributed by atoms with Crippen LogP contribution in [-0.4, -0.2) is 99.1 Å². The number of carbonyl (C=O) groups excluding carboxylic acids is 3. The summed E-state index contributed by atoms with van der Waals surface area (Å²) in [7, 11) is 0. The fraction of sp³-hybridized carbons (Fsp3) is 0.545. The van der Waals surface area contributed by atoms with Gasteiger partial charge in [0.25, 0.3) is 0 Å². The average Bonchev–Trinajstić information content (AvgIpc) is 4.21. The molecule has 69 heavy (non-hydrogen) atoms. The largest absolute Gasteiger partial charge is 0.443 e. The Labute approximate surface area is 406 Å². The van der Waals surface area contributed by atoms with E-state index in [1.807, 2.05) is 68.6 Å². The highest BCUT2D eigenvalue weighted by molar-refractivity contribution is 5.85. The molecule has 4 aliphatic rings. The van der Waals surface area contributed by atoms with Gasteiger partial charge < -0.3 is 29.0 Å². The van der Waals surface area contributed by atoms with Gasteiger partial charge in [-0.2, -0.15) is 0 Å². The van der Waals surface area contributed by atoms with E-state index in [1.165, 1.54) is 25.7 Å². The molecule has 4 heterocycles. The lowest BCUT2D eigenvalue weighted by Crippen LogP contribution is -2.47. The summed E-state index contributed by atoms with van der Waals surface area (Å²) in [5.41, 5.74) is 5.93. The molecule has 3 saturated carbocycles. The third-order valence-corrected chi connectivity index (χ3v) is 17.1. The Morgan fingerprint density at radius 1 is 0.870 bits per heavy atom. The minimum atomic E-state index is -0.865. The van der Waals surface area contributed by atoms with Gasteiger partial charge in [-0.15, -0.1) is 5.10 Å². The fourth-order valence-corrected chi connectivity index (χ4v) is 12.8. The van der Waals surface area contributed by atoms with Gasteiger partial charge in [0.1, 0.15) is 17.2 Å². The van der Waals surface area contributed by atoms with Crippen LogP contribution in [0.15, 0.2) is 79.1 Å². The standard InChI is InChI=1S/C55H70N10O4/c1-7-62(41-15-9-8-10-16-41)48(67)27-32-64-45-19-13-14-38(49(45)59-50(64)37-20-22-42(23-21-37)65-33-29-56-60-65)35-53(2,3)69-52(68)61-30-25-39(36-61)51-57-43-17-11-12-18-44(43)63(51)31-26-47(66)58-46-34-40-24-28-55(46,6)54(40,4)5/h11-14,17-23,29,33,39-41,46H,7-10,15-16,24-28,30-32,34-36H2,1-6H3,(H,58,66)/t39?,40?,46?,55-/m0/s1. The molecule has 1 aliphatic heterocycles. The summed E-state index contributed by atoms with van der Waals surface area (Å²) >= 11 is 0. The van der Waals surface area contributed by atoms with Crippen molar-refractivity contribution in [1.82, 2.24) is 49.2 Å². The van der Waals surface area contributed by atoms with E-state index in [4.69, 9.17) is 14.7 Å². The number of carbonyl (C=O) groups is 3. The van der Waals surface area contributed by atoms with Crippen LogP contribution in [0.3, 0.4) is 0 Å². The molecule has 3 aromatic heterocycles. The molecule has 4 fully saturated rings. The normalized spacial score (nSPS) is 22.5. The van der Waals surface area contributed by atoms with E-state index in [0.717, 1.165) is 82.6 Å². The number of amides is 3. The number of likely N-dealkylation sites (tertiary alicyclic amines) is 1. The van der Waals surface area contributed by atoms with Crippen molar-refractivity contribution in [2.24, 2.45) is 16.7 Å². The van der Waals surface area contributed by atoms with E-state index in [-0.39, 0.29) is 40.7 Å². The molecule has 3 aliphatic carbocycles. The number of rotatable bonds is 15. The molecule has 14 nitrogen and oxygen atoms in total. The van der Waals surface area contributed by atoms with Crippen LogP contribution in [0.2, 0.25) is 0 Å². The lowest BCUT2D eigenvalue weighted by atomic mass is 9.69. The molecule has 0 spiro atoms. The van der Waals surface area contributed by atoms with E-state index in [1.54, 1.807) is 15.8 Å². The molecule has 6 aromatic rings. The van der Waals surface area contributed by atoms with Crippen molar-refractivity contribution in [2.45, 2.75) is 155 Å². The van der Waals surface area contributed by atoms with E-state index in [2.05, 4.69) is 75.6 Å². The van der Waals surface area contributed by atoms with Crippen LogP contribution in [-0.2, 0) is 33.8 Å². The van der Waals surface area contributed by atoms with Crippen LogP contribution >= 0.6 is 0 Å². The van der Waals surface area contributed by atoms with E-state index >= 15 is 0 Å². The first-order valence-electron chi connectivity index (χ1n) is 25.7. The van der Waals surface area contributed by atoms with Crippen molar-refractivity contribution in [2.75, 3.05) is 19.6 Å². The van der Waals surface area contributed by atoms with E-state index in [9.17, 15) is 14.4 Å². The molecule has 1 N–H and O–H groups in total. The van der Waals surface area contributed by atoms with Crippen molar-refractivity contribution >= 4 is 40.0 Å². The first kappa shape index (κ1) is 46.7. The van der Waals surface area contributed by atoms with Crippen LogP contribution in [0.25, 0.3) is 39.1 Å². The van der Waals surface area contributed by atoms with Crippen LogP contribution in [0.1, 0.15) is 129 Å². The number of hydrogen-bond donors (Lipinski definition) is 1. The summed E-state index contributed by atoms with van der Waals surface area (Å²) in [6.07, 6.45) is 14.3. The Kier molecular flexibility index (Phi) is 12.6. The molecule has 1 saturated heterocycles. The average molecular weight is 935 g/mol. The summed E-state index contributed by atoms with van der Waals surface area (Å²) < 4.78 is 12.5. The Bertz CT molecular complexity index is 2820. The minimum absolute atomic E-state index is 0.00163. The first-order chi connectivity index (χ1) is 33.2. The van der Waals surface area contributed by atoms with Gasteiger partial charge in [0.2, 0.25) is 11.8 Å². The topological polar surface area (TPSA) is 145 Å². The Hall–Kier alpha value is -6.05. The number of aromatic nitrogens is 7. The third kappa shape index (κ3) is 8.92. The quantitative estimate of drug-likeness (QED) is 0.107. The molecule has 14 heteroatoms. The maximum Gasteiger partial charge on any atom is 0.410 e. The van der Waals surface area contributed by atoms with Gasteiger partial charge in [0.05, 0.1) is 40.1 Å². The first-order valence-corrected chi connectivity index (χ1v) is 25.7. The predicted octanol–water partition coefficient (Wildman–Crippen LogP) is 9.87. The zero-order valence-electron chi connectivity index (χ0n) is 41.5. The lowest BCUT2D eigenvalue weighted by Gasteiger charge is -2.39. The highest BCUT2D eigenvalue weighted by atomic mass is 16.6. The van der Waals surface area contributed by atoms with E-state index in [0.29, 0.717) is 63.9 Å². The van der Waals surface area contributed by atoms with Crippen molar-refractivity contribution < 1.29 is 19.1 Å². The molecular formula is C55H70N10O4. The lowest BCUT2D eigenvalue weighted by molar-refractivity contribution is -0.134. The van der Waals surface area contributed by atoms with Crippen LogP contribution in [0.4, 0.5) is 4.79 Å². The number of fused-ring (bicyclic) bond motifs is 4. The molecule has 10 rings (SSSR count). The minimum Gasteiger partial charge on any atom is -0.443 e. The summed E-state index contributed by atoms with van der Waals surface area (Å²) in [6, 6.07) is 22.9. The Morgan fingerprint density at radius 3 is 2.36 bits per heavy atom. The number of ether oxygens (including phenoxy) is 1. The molecular weight excluding hydrogens is 865 g/mol. The second-order valence-electron chi connectivity index (χ2n) is 21.8. The number of hydrogen-bond acceptors (Lipinski definition) is 8. The number of benzene rings is 3. The summed E-state index contributed by atoms with van der Waals surface area (Å²) in [5.74, 6) is 2.62. The van der Waals surface area contributed by atoms with Crippen molar-refractivity contribution in [3.63, 3.8) is 0 Å². The molecule has 2 bridgehead atoms. The van der Waals surface area contributed by atoms with Gasteiger partial charge in [0.15, 0.2) is 0 Å². The van der Waals surface area contributed by atoms with Crippen LogP contribution in [0.5, 0.6) is 0 Å². The second kappa shape index (κ2) is 18.7. The molecule has 4 atom stereocenters. The number of imidazole rings is 2. The molecule has 3 unspecified atom stereocenters. The number of nitrogens with zero attached hydrogens (tertiary/aromatic N) is 9.